The summed E-state index contributed by atoms with van der Waals surface area (Å²) < 4.78 is 0. The minimum atomic E-state index is 0.408. The maximum Gasteiger partial charge on any atom is 0.0606 e. The highest BCUT2D eigenvalue weighted by atomic mass is 15.2. The van der Waals surface area contributed by atoms with E-state index < -0.39 is 0 Å². The molecule has 19 heavy (non-hydrogen) atoms. The van der Waals surface area contributed by atoms with Gasteiger partial charge in [-0.15, -0.1) is 0 Å². The molecule has 1 aliphatic heterocycles. The molecule has 1 unspecified atom stereocenters. The molecule has 0 spiro atoms. The Kier molecular flexibility index (Phi) is 3.39. The van der Waals surface area contributed by atoms with E-state index in [0.29, 0.717) is 12.1 Å². The largest absolute Gasteiger partial charge is 0.290 e. The zero-order chi connectivity index (χ0) is 13.2. The number of rotatable bonds is 2. The van der Waals surface area contributed by atoms with Gasteiger partial charge in [0, 0.05) is 12.6 Å². The van der Waals surface area contributed by atoms with E-state index >= 15 is 0 Å². The highest BCUT2D eigenvalue weighted by Gasteiger charge is 2.29. The predicted octanol–water partition coefficient (Wildman–Crippen LogP) is 4.04. The van der Waals surface area contributed by atoms with Crippen molar-refractivity contribution in [1.82, 2.24) is 4.90 Å². The highest BCUT2D eigenvalue weighted by molar-refractivity contribution is 5.39. The lowest BCUT2D eigenvalue weighted by Crippen LogP contribution is -2.40. The first-order chi connectivity index (χ1) is 9.27. The fraction of sp³-hybridized carbons (Fsp3) is 0.333. The topological polar surface area (TPSA) is 3.24 Å². The van der Waals surface area contributed by atoms with Crippen molar-refractivity contribution in [2.75, 3.05) is 6.54 Å². The second-order valence-corrected chi connectivity index (χ2v) is 5.59. The zero-order valence-corrected chi connectivity index (χ0v) is 11.7. The third kappa shape index (κ3) is 2.31. The van der Waals surface area contributed by atoms with Gasteiger partial charge in [0.15, 0.2) is 0 Å². The molecule has 0 aliphatic carbocycles. The van der Waals surface area contributed by atoms with Gasteiger partial charge in [0.25, 0.3) is 0 Å². The Labute approximate surface area is 115 Å². The molecule has 1 heterocycles. The van der Waals surface area contributed by atoms with Crippen LogP contribution in [-0.2, 0) is 6.42 Å². The van der Waals surface area contributed by atoms with E-state index in [1.807, 2.05) is 0 Å². The van der Waals surface area contributed by atoms with Crippen LogP contribution in [0.2, 0.25) is 0 Å². The molecule has 0 bridgehead atoms. The normalized spacial score (nSPS) is 19.4. The van der Waals surface area contributed by atoms with E-state index in [2.05, 4.69) is 73.3 Å². The van der Waals surface area contributed by atoms with Gasteiger partial charge in [-0.3, -0.25) is 4.90 Å². The van der Waals surface area contributed by atoms with Crippen LogP contribution >= 0.6 is 0 Å². The van der Waals surface area contributed by atoms with Gasteiger partial charge in [0.1, 0.15) is 0 Å². The van der Waals surface area contributed by atoms with Crippen LogP contribution in [0, 0.1) is 0 Å². The van der Waals surface area contributed by atoms with E-state index in [4.69, 9.17) is 0 Å². The van der Waals surface area contributed by atoms with E-state index in [1.54, 1.807) is 0 Å². The summed E-state index contributed by atoms with van der Waals surface area (Å²) in [7, 11) is 0. The average Bonchev–Trinajstić information content (AvgIpc) is 2.46. The maximum atomic E-state index is 2.61. The minimum absolute atomic E-state index is 0.408. The Morgan fingerprint density at radius 1 is 0.947 bits per heavy atom. The van der Waals surface area contributed by atoms with Crippen molar-refractivity contribution in [3.05, 3.63) is 71.3 Å². The standard InChI is InChI=1S/C18H21N/c1-14(2)19-13-12-15-8-6-7-11-17(15)18(19)16-9-4-3-5-10-16/h3-11,14,18H,12-13H2,1-2H3. The van der Waals surface area contributed by atoms with Crippen LogP contribution in [0.1, 0.15) is 36.6 Å². The maximum absolute atomic E-state index is 2.61. The summed E-state index contributed by atoms with van der Waals surface area (Å²) in [4.78, 5) is 2.61. The predicted molar refractivity (Wildman–Crippen MR) is 80.3 cm³/mol. The Hall–Kier alpha value is -1.60. The molecule has 0 fully saturated rings. The molecule has 1 atom stereocenters. The van der Waals surface area contributed by atoms with Gasteiger partial charge >= 0.3 is 0 Å². The Balaban J connectivity index is 2.10. The van der Waals surface area contributed by atoms with Crippen LogP contribution in [0.15, 0.2) is 54.6 Å². The molecule has 1 aliphatic rings. The molecule has 1 heteroatoms. The van der Waals surface area contributed by atoms with Crippen LogP contribution in [0.4, 0.5) is 0 Å². The molecule has 0 radical (unpaired) electrons. The molecule has 0 saturated carbocycles. The molecular weight excluding hydrogens is 230 g/mol. The number of benzene rings is 2. The number of fused-ring (bicyclic) bond motifs is 1. The van der Waals surface area contributed by atoms with E-state index in [9.17, 15) is 0 Å². The van der Waals surface area contributed by atoms with E-state index in [-0.39, 0.29) is 0 Å². The smallest absolute Gasteiger partial charge is 0.0606 e. The monoisotopic (exact) mass is 251 g/mol. The number of hydrogen-bond acceptors (Lipinski definition) is 1. The second-order valence-electron chi connectivity index (χ2n) is 5.59. The summed E-state index contributed by atoms with van der Waals surface area (Å²) in [6, 6.07) is 20.8. The molecule has 2 aromatic carbocycles. The highest BCUT2D eigenvalue weighted by Crippen LogP contribution is 2.35. The summed E-state index contributed by atoms with van der Waals surface area (Å²) >= 11 is 0. The van der Waals surface area contributed by atoms with Crippen LogP contribution in [0.25, 0.3) is 0 Å². The summed E-state index contributed by atoms with van der Waals surface area (Å²) in [5.41, 5.74) is 4.39. The van der Waals surface area contributed by atoms with Crippen molar-refractivity contribution in [3.8, 4) is 0 Å². The second kappa shape index (κ2) is 5.18. The summed E-state index contributed by atoms with van der Waals surface area (Å²) in [5.74, 6) is 0. The van der Waals surface area contributed by atoms with Gasteiger partial charge < -0.3 is 0 Å². The lowest BCUT2D eigenvalue weighted by Gasteiger charge is -2.40. The Morgan fingerprint density at radius 3 is 2.37 bits per heavy atom. The van der Waals surface area contributed by atoms with E-state index in [0.717, 1.165) is 13.0 Å². The zero-order valence-electron chi connectivity index (χ0n) is 11.7. The van der Waals surface area contributed by atoms with Gasteiger partial charge in [0.2, 0.25) is 0 Å². The first-order valence-corrected chi connectivity index (χ1v) is 7.16. The lowest BCUT2D eigenvalue weighted by molar-refractivity contribution is 0.167. The molecule has 0 saturated heterocycles. The van der Waals surface area contributed by atoms with Gasteiger partial charge in [-0.1, -0.05) is 54.6 Å². The molecule has 0 amide bonds. The van der Waals surface area contributed by atoms with E-state index in [1.165, 1.54) is 16.7 Å². The molecule has 98 valence electrons. The summed E-state index contributed by atoms with van der Waals surface area (Å²) in [5, 5.41) is 0. The molecule has 2 aromatic rings. The molecule has 0 aromatic heterocycles. The summed E-state index contributed by atoms with van der Waals surface area (Å²) in [6.45, 7) is 5.74. The lowest BCUT2D eigenvalue weighted by atomic mass is 9.87. The minimum Gasteiger partial charge on any atom is -0.290 e. The van der Waals surface area contributed by atoms with Crippen LogP contribution in [0.3, 0.4) is 0 Å². The van der Waals surface area contributed by atoms with Crippen LogP contribution in [0.5, 0.6) is 0 Å². The van der Waals surface area contributed by atoms with Crippen molar-refractivity contribution in [1.29, 1.82) is 0 Å². The first kappa shape index (κ1) is 12.4. The average molecular weight is 251 g/mol. The van der Waals surface area contributed by atoms with Gasteiger partial charge in [-0.2, -0.15) is 0 Å². The number of hydrogen-bond donors (Lipinski definition) is 0. The van der Waals surface area contributed by atoms with Gasteiger partial charge in [0.05, 0.1) is 6.04 Å². The molecular formula is C18H21N. The van der Waals surface area contributed by atoms with Crippen LogP contribution < -0.4 is 0 Å². The Morgan fingerprint density at radius 2 is 1.63 bits per heavy atom. The van der Waals surface area contributed by atoms with Crippen molar-refractivity contribution in [2.24, 2.45) is 0 Å². The first-order valence-electron chi connectivity index (χ1n) is 7.16. The van der Waals surface area contributed by atoms with Crippen molar-refractivity contribution in [3.63, 3.8) is 0 Å². The quantitative estimate of drug-likeness (QED) is 0.778. The third-order valence-electron chi connectivity index (χ3n) is 4.10. The molecule has 0 N–H and O–H groups in total. The third-order valence-corrected chi connectivity index (χ3v) is 4.10. The molecule has 1 nitrogen and oxygen atoms in total. The van der Waals surface area contributed by atoms with Gasteiger partial charge in [-0.05, 0) is 37.0 Å². The van der Waals surface area contributed by atoms with Crippen molar-refractivity contribution >= 4 is 0 Å². The fourth-order valence-electron chi connectivity index (χ4n) is 3.15. The fourth-order valence-corrected chi connectivity index (χ4v) is 3.15. The Bertz CT molecular complexity index is 545. The van der Waals surface area contributed by atoms with Crippen molar-refractivity contribution < 1.29 is 0 Å². The SMILES string of the molecule is CC(C)N1CCc2ccccc2C1c1ccccc1. The molecule has 3 rings (SSSR count). The van der Waals surface area contributed by atoms with Crippen LogP contribution in [-0.4, -0.2) is 17.5 Å². The summed E-state index contributed by atoms with van der Waals surface area (Å²) in [6.07, 6.45) is 1.16. The number of nitrogens with zero attached hydrogens (tertiary/aromatic N) is 1. The van der Waals surface area contributed by atoms with Gasteiger partial charge in [-0.25, -0.2) is 0 Å². The van der Waals surface area contributed by atoms with Crippen molar-refractivity contribution in [2.45, 2.75) is 32.4 Å².